The summed E-state index contributed by atoms with van der Waals surface area (Å²) >= 11 is 0. The highest BCUT2D eigenvalue weighted by molar-refractivity contribution is 5.55. The van der Waals surface area contributed by atoms with E-state index in [9.17, 15) is 0 Å². The van der Waals surface area contributed by atoms with E-state index in [2.05, 4.69) is 39.0 Å². The average molecular weight is 211 g/mol. The molecule has 0 N–H and O–H groups in total. The molecule has 1 aromatic carbocycles. The van der Waals surface area contributed by atoms with Crippen molar-refractivity contribution < 1.29 is 0 Å². The summed E-state index contributed by atoms with van der Waals surface area (Å²) in [5.41, 5.74) is 1.18. The minimum Gasteiger partial charge on any atom is -0.310 e. The highest BCUT2D eigenvalue weighted by Gasteiger charge is 2.40. The van der Waals surface area contributed by atoms with Gasteiger partial charge in [-0.15, -0.1) is 10.2 Å². The van der Waals surface area contributed by atoms with Crippen LogP contribution in [0.4, 0.5) is 0 Å². The highest BCUT2D eigenvalue weighted by atomic mass is 15.3. The maximum absolute atomic E-state index is 4.36. The zero-order chi connectivity index (χ0) is 10.5. The first-order valence-electron chi connectivity index (χ1n) is 5.90. The fourth-order valence-electron chi connectivity index (χ4n) is 2.95. The summed E-state index contributed by atoms with van der Waals surface area (Å²) in [4.78, 5) is 0. The molecule has 3 heteroatoms. The number of rotatable bonds is 1. The number of aromatic nitrogens is 3. The van der Waals surface area contributed by atoms with Crippen molar-refractivity contribution in [3.63, 3.8) is 0 Å². The van der Waals surface area contributed by atoms with E-state index < -0.39 is 0 Å². The van der Waals surface area contributed by atoms with E-state index in [0.29, 0.717) is 5.92 Å². The smallest absolute Gasteiger partial charge is 0.163 e. The molecule has 1 saturated carbocycles. The number of benzene rings is 1. The van der Waals surface area contributed by atoms with Gasteiger partial charge in [0.1, 0.15) is 5.82 Å². The molecule has 1 aromatic heterocycles. The number of nitrogens with zero attached hydrogens (tertiary/aromatic N) is 3. The van der Waals surface area contributed by atoms with Gasteiger partial charge >= 0.3 is 0 Å². The Morgan fingerprint density at radius 3 is 2.69 bits per heavy atom. The lowest BCUT2D eigenvalue weighted by atomic mass is 9.71. The van der Waals surface area contributed by atoms with Gasteiger partial charge in [0, 0.05) is 18.0 Å². The predicted octanol–water partition coefficient (Wildman–Crippen LogP) is 2.45. The zero-order valence-electron chi connectivity index (χ0n) is 9.00. The highest BCUT2D eigenvalue weighted by Crippen LogP contribution is 2.47. The maximum Gasteiger partial charge on any atom is 0.163 e. The second-order valence-corrected chi connectivity index (χ2v) is 4.89. The topological polar surface area (TPSA) is 30.7 Å². The van der Waals surface area contributed by atoms with E-state index in [1.54, 1.807) is 0 Å². The van der Waals surface area contributed by atoms with Crippen molar-refractivity contribution in [2.75, 3.05) is 0 Å². The van der Waals surface area contributed by atoms with Crippen molar-refractivity contribution in [2.45, 2.75) is 25.3 Å². The van der Waals surface area contributed by atoms with Crippen LogP contribution in [0.1, 0.15) is 24.6 Å². The monoisotopic (exact) mass is 211 g/mol. The molecule has 0 atom stereocenters. The lowest BCUT2D eigenvalue weighted by Crippen LogP contribution is -2.34. The van der Waals surface area contributed by atoms with Crippen LogP contribution in [0, 0.1) is 5.92 Å². The first kappa shape index (κ1) is 8.50. The van der Waals surface area contributed by atoms with Gasteiger partial charge in [-0.3, -0.25) is 0 Å². The summed E-state index contributed by atoms with van der Waals surface area (Å²) in [6, 6.07) is 10.4. The van der Waals surface area contributed by atoms with Gasteiger partial charge < -0.3 is 4.57 Å². The second kappa shape index (κ2) is 2.94. The van der Waals surface area contributed by atoms with Crippen molar-refractivity contribution >= 4 is 0 Å². The third-order valence-corrected chi connectivity index (χ3v) is 3.85. The average Bonchev–Trinajstić information content (AvgIpc) is 2.72. The molecule has 2 bridgehead atoms. The van der Waals surface area contributed by atoms with Crippen molar-refractivity contribution in [2.24, 2.45) is 5.92 Å². The molecule has 16 heavy (non-hydrogen) atoms. The van der Waals surface area contributed by atoms with Crippen LogP contribution in [0.2, 0.25) is 0 Å². The molecule has 0 spiro atoms. The molecule has 2 aromatic rings. The molecule has 1 fully saturated rings. The summed E-state index contributed by atoms with van der Waals surface area (Å²) < 4.78 is 2.32. The Bertz CT molecular complexity index is 523. The van der Waals surface area contributed by atoms with Crippen LogP contribution in [-0.2, 0) is 6.54 Å². The van der Waals surface area contributed by atoms with Crippen LogP contribution in [0.5, 0.6) is 0 Å². The SMILES string of the molecule is c1ccc(-c2nnc3n2CC2CC3C2)cc1. The molecule has 1 aliphatic carbocycles. The molecule has 0 amide bonds. The van der Waals surface area contributed by atoms with Crippen molar-refractivity contribution in [3.8, 4) is 11.4 Å². The molecular weight excluding hydrogens is 198 g/mol. The van der Waals surface area contributed by atoms with Gasteiger partial charge in [0.2, 0.25) is 0 Å². The van der Waals surface area contributed by atoms with E-state index in [-0.39, 0.29) is 0 Å². The van der Waals surface area contributed by atoms with E-state index in [1.165, 1.54) is 24.2 Å². The van der Waals surface area contributed by atoms with Crippen LogP contribution in [-0.4, -0.2) is 14.8 Å². The molecule has 2 aliphatic heterocycles. The van der Waals surface area contributed by atoms with Crippen LogP contribution >= 0.6 is 0 Å². The van der Waals surface area contributed by atoms with Crippen LogP contribution in [0.3, 0.4) is 0 Å². The molecule has 0 unspecified atom stereocenters. The fraction of sp³-hybridized carbons (Fsp3) is 0.385. The van der Waals surface area contributed by atoms with Crippen LogP contribution < -0.4 is 0 Å². The molecule has 3 aliphatic rings. The summed E-state index contributed by atoms with van der Waals surface area (Å²) in [5.74, 6) is 3.81. The van der Waals surface area contributed by atoms with Gasteiger partial charge in [-0.05, 0) is 18.8 Å². The Balaban J connectivity index is 1.86. The molecule has 3 nitrogen and oxygen atoms in total. The van der Waals surface area contributed by atoms with Crippen LogP contribution in [0.25, 0.3) is 11.4 Å². The van der Waals surface area contributed by atoms with Gasteiger partial charge in [-0.1, -0.05) is 30.3 Å². The summed E-state index contributed by atoms with van der Waals surface area (Å²) in [7, 11) is 0. The Morgan fingerprint density at radius 2 is 1.88 bits per heavy atom. The Hall–Kier alpha value is -1.64. The van der Waals surface area contributed by atoms with Gasteiger partial charge in [0.05, 0.1) is 0 Å². The van der Waals surface area contributed by atoms with E-state index >= 15 is 0 Å². The Kier molecular flexibility index (Phi) is 1.56. The van der Waals surface area contributed by atoms with E-state index in [4.69, 9.17) is 0 Å². The molecule has 3 heterocycles. The molecule has 80 valence electrons. The van der Waals surface area contributed by atoms with Gasteiger partial charge in [0.25, 0.3) is 0 Å². The van der Waals surface area contributed by atoms with Gasteiger partial charge in [0.15, 0.2) is 5.82 Å². The number of hydrogen-bond donors (Lipinski definition) is 0. The van der Waals surface area contributed by atoms with Gasteiger partial charge in [-0.2, -0.15) is 0 Å². The van der Waals surface area contributed by atoms with Crippen molar-refractivity contribution in [1.82, 2.24) is 14.8 Å². The molecule has 5 rings (SSSR count). The number of hydrogen-bond acceptors (Lipinski definition) is 2. The lowest BCUT2D eigenvalue weighted by Gasteiger charge is -2.40. The minimum atomic E-state index is 0.684. The van der Waals surface area contributed by atoms with Crippen molar-refractivity contribution in [3.05, 3.63) is 36.2 Å². The standard InChI is InChI=1S/C13H13N3/c1-2-4-10(5-3-1)12-14-15-13-11-6-9(7-11)8-16(12)13/h1-5,9,11H,6-8H2. The molecule has 0 saturated heterocycles. The molecule has 0 radical (unpaired) electrons. The zero-order valence-corrected chi connectivity index (χ0v) is 9.00. The maximum atomic E-state index is 4.36. The quantitative estimate of drug-likeness (QED) is 0.725. The largest absolute Gasteiger partial charge is 0.310 e. The second-order valence-electron chi connectivity index (χ2n) is 4.89. The first-order valence-corrected chi connectivity index (χ1v) is 5.90. The van der Waals surface area contributed by atoms with E-state index in [1.807, 2.05) is 6.07 Å². The fourth-order valence-corrected chi connectivity index (χ4v) is 2.95. The predicted molar refractivity (Wildman–Crippen MR) is 60.9 cm³/mol. The summed E-state index contributed by atoms with van der Waals surface area (Å²) in [6.07, 6.45) is 2.65. The van der Waals surface area contributed by atoms with Crippen molar-refractivity contribution in [1.29, 1.82) is 0 Å². The Morgan fingerprint density at radius 1 is 1.06 bits per heavy atom. The third kappa shape index (κ3) is 1.03. The normalized spacial score (nSPS) is 26.0. The summed E-state index contributed by atoms with van der Waals surface area (Å²) in [5, 5.41) is 8.72. The minimum absolute atomic E-state index is 0.684. The molecular formula is C13H13N3. The third-order valence-electron chi connectivity index (χ3n) is 3.85. The van der Waals surface area contributed by atoms with Gasteiger partial charge in [-0.25, -0.2) is 0 Å². The first-order chi connectivity index (χ1) is 7.92. The summed E-state index contributed by atoms with van der Waals surface area (Å²) in [6.45, 7) is 1.11. The lowest BCUT2D eigenvalue weighted by molar-refractivity contribution is 0.179. The van der Waals surface area contributed by atoms with Crippen LogP contribution in [0.15, 0.2) is 30.3 Å². The Labute approximate surface area is 94.1 Å². The van der Waals surface area contributed by atoms with E-state index in [0.717, 1.165) is 18.3 Å².